The molecule has 0 bridgehead atoms. The molecule has 0 fully saturated rings. The maximum atomic E-state index is 2.61. The second-order valence-corrected chi connectivity index (χ2v) is 9.40. The molecule has 0 aliphatic rings. The topological polar surface area (TPSA) is 3.24 Å². The monoisotopic (exact) mass is 407 g/mol. The minimum Gasteiger partial charge on any atom is -0.295 e. The Morgan fingerprint density at radius 1 is 0.533 bits per heavy atom. The summed E-state index contributed by atoms with van der Waals surface area (Å²) in [6.45, 7) is 7.96. The van der Waals surface area contributed by atoms with Crippen LogP contribution in [-0.2, 0) is 13.1 Å². The summed E-state index contributed by atoms with van der Waals surface area (Å²) in [6.07, 6.45) is 15.5. The molecule has 0 saturated carbocycles. The van der Waals surface area contributed by atoms with Crippen LogP contribution in [-0.4, -0.2) is 11.4 Å². The highest BCUT2D eigenvalue weighted by Gasteiger charge is 2.07. The number of rotatable bonds is 17. The van der Waals surface area contributed by atoms with Crippen LogP contribution < -0.4 is 0 Å². The average Bonchev–Trinajstić information content (AvgIpc) is 2.75. The van der Waals surface area contributed by atoms with Gasteiger partial charge in [-0.1, -0.05) is 139 Å². The zero-order valence-electron chi connectivity index (χ0n) is 19.7. The molecule has 166 valence electrons. The molecule has 2 rings (SSSR count). The molecule has 0 heterocycles. The van der Waals surface area contributed by atoms with Gasteiger partial charge >= 0.3 is 0 Å². The van der Waals surface area contributed by atoms with Crippen molar-refractivity contribution in [1.29, 1.82) is 0 Å². The number of hydrogen-bond donors (Lipinski definition) is 0. The lowest BCUT2D eigenvalue weighted by Gasteiger charge is -2.22. The molecule has 0 unspecified atom stereocenters. The lowest BCUT2D eigenvalue weighted by molar-refractivity contribution is 0.250. The summed E-state index contributed by atoms with van der Waals surface area (Å²) >= 11 is 0. The highest BCUT2D eigenvalue weighted by Crippen LogP contribution is 2.15. The summed E-state index contributed by atoms with van der Waals surface area (Å²) in [5.41, 5.74) is 2.84. The minimum absolute atomic E-state index is 0.876. The summed E-state index contributed by atoms with van der Waals surface area (Å²) < 4.78 is 0. The largest absolute Gasteiger partial charge is 0.295 e. The van der Waals surface area contributed by atoms with E-state index in [1.54, 1.807) is 0 Å². The maximum absolute atomic E-state index is 2.61. The van der Waals surface area contributed by atoms with Crippen molar-refractivity contribution >= 4 is 0 Å². The third-order valence-electron chi connectivity index (χ3n) is 6.00. The van der Waals surface area contributed by atoms with Gasteiger partial charge in [-0.05, 0) is 30.0 Å². The van der Waals surface area contributed by atoms with E-state index in [0.29, 0.717) is 0 Å². The van der Waals surface area contributed by atoms with Gasteiger partial charge in [0.25, 0.3) is 0 Å². The van der Waals surface area contributed by atoms with Gasteiger partial charge in [-0.2, -0.15) is 0 Å². The average molecular weight is 408 g/mol. The van der Waals surface area contributed by atoms with Gasteiger partial charge in [0.2, 0.25) is 0 Å². The molecular weight excluding hydrogens is 362 g/mol. The molecule has 0 spiro atoms. The fraction of sp³-hybridized carbons (Fsp3) is 0.586. The molecule has 0 amide bonds. The fourth-order valence-electron chi connectivity index (χ4n) is 4.20. The third-order valence-corrected chi connectivity index (χ3v) is 6.00. The summed E-state index contributed by atoms with van der Waals surface area (Å²) in [7, 11) is 0. The molecule has 2 aromatic rings. The molecule has 0 saturated heterocycles. The summed E-state index contributed by atoms with van der Waals surface area (Å²) in [6, 6.07) is 21.8. The molecule has 0 aliphatic carbocycles. The van der Waals surface area contributed by atoms with Crippen molar-refractivity contribution in [2.24, 2.45) is 5.92 Å². The first-order valence-electron chi connectivity index (χ1n) is 12.5. The smallest absolute Gasteiger partial charge is 0.0237 e. The van der Waals surface area contributed by atoms with E-state index in [-0.39, 0.29) is 0 Å². The SMILES string of the molecule is CC(C)CCCCCCCCCCCCN(Cc1ccccc1)Cc1ccccc1. The van der Waals surface area contributed by atoms with Gasteiger partial charge in [0, 0.05) is 13.1 Å². The fourth-order valence-corrected chi connectivity index (χ4v) is 4.20. The van der Waals surface area contributed by atoms with Crippen LogP contribution >= 0.6 is 0 Å². The highest BCUT2D eigenvalue weighted by atomic mass is 15.1. The van der Waals surface area contributed by atoms with Crippen LogP contribution in [0.2, 0.25) is 0 Å². The van der Waals surface area contributed by atoms with Crippen LogP contribution in [0.25, 0.3) is 0 Å². The van der Waals surface area contributed by atoms with E-state index < -0.39 is 0 Å². The molecule has 1 nitrogen and oxygen atoms in total. The van der Waals surface area contributed by atoms with Crippen LogP contribution in [0.3, 0.4) is 0 Å². The van der Waals surface area contributed by atoms with Crippen LogP contribution in [0.15, 0.2) is 60.7 Å². The molecular formula is C29H45N. The van der Waals surface area contributed by atoms with Gasteiger partial charge < -0.3 is 0 Å². The molecule has 2 aromatic carbocycles. The number of benzene rings is 2. The van der Waals surface area contributed by atoms with E-state index >= 15 is 0 Å². The quantitative estimate of drug-likeness (QED) is 0.237. The Morgan fingerprint density at radius 2 is 0.933 bits per heavy atom. The van der Waals surface area contributed by atoms with Crippen LogP contribution in [0.1, 0.15) is 95.6 Å². The van der Waals surface area contributed by atoms with Gasteiger partial charge in [0.15, 0.2) is 0 Å². The van der Waals surface area contributed by atoms with Crippen LogP contribution in [0.5, 0.6) is 0 Å². The van der Waals surface area contributed by atoms with Crippen LogP contribution in [0.4, 0.5) is 0 Å². The van der Waals surface area contributed by atoms with Gasteiger partial charge in [0.1, 0.15) is 0 Å². The van der Waals surface area contributed by atoms with Crippen molar-refractivity contribution in [2.45, 2.75) is 97.6 Å². The lowest BCUT2D eigenvalue weighted by Crippen LogP contribution is -2.24. The maximum Gasteiger partial charge on any atom is 0.0237 e. The summed E-state index contributed by atoms with van der Waals surface area (Å²) in [4.78, 5) is 2.61. The second-order valence-electron chi connectivity index (χ2n) is 9.40. The van der Waals surface area contributed by atoms with Crippen LogP contribution in [0, 0.1) is 5.92 Å². The third kappa shape index (κ3) is 12.2. The predicted molar refractivity (Wildman–Crippen MR) is 133 cm³/mol. The Kier molecular flexibility index (Phi) is 13.3. The van der Waals surface area contributed by atoms with E-state index in [1.807, 2.05) is 0 Å². The zero-order valence-corrected chi connectivity index (χ0v) is 19.7. The standard InChI is InChI=1S/C29H45N/c1-27(2)19-13-9-7-5-3-4-6-8-10-18-24-30(25-28-20-14-11-15-21-28)26-29-22-16-12-17-23-29/h11-12,14-17,20-23,27H,3-10,13,18-19,24-26H2,1-2H3. The minimum atomic E-state index is 0.876. The molecule has 0 N–H and O–H groups in total. The van der Waals surface area contributed by atoms with Gasteiger partial charge in [-0.3, -0.25) is 4.90 Å². The van der Waals surface area contributed by atoms with Crippen molar-refractivity contribution in [3.63, 3.8) is 0 Å². The molecule has 0 aromatic heterocycles. The van der Waals surface area contributed by atoms with Gasteiger partial charge in [-0.25, -0.2) is 0 Å². The first-order chi connectivity index (χ1) is 14.7. The Bertz CT molecular complexity index is 578. The van der Waals surface area contributed by atoms with Gasteiger partial charge in [-0.15, -0.1) is 0 Å². The highest BCUT2D eigenvalue weighted by molar-refractivity contribution is 5.17. The first kappa shape index (κ1) is 24.7. The van der Waals surface area contributed by atoms with Gasteiger partial charge in [0.05, 0.1) is 0 Å². The van der Waals surface area contributed by atoms with Crippen molar-refractivity contribution in [2.75, 3.05) is 6.54 Å². The molecule has 0 atom stereocenters. The van der Waals surface area contributed by atoms with E-state index in [4.69, 9.17) is 0 Å². The first-order valence-corrected chi connectivity index (χ1v) is 12.5. The molecule has 0 aliphatic heterocycles. The normalized spacial score (nSPS) is 11.5. The van der Waals surface area contributed by atoms with Crippen molar-refractivity contribution in [3.05, 3.63) is 71.8 Å². The Hall–Kier alpha value is -1.60. The summed E-state index contributed by atoms with van der Waals surface area (Å²) in [5, 5.41) is 0. The van der Waals surface area contributed by atoms with E-state index in [0.717, 1.165) is 19.0 Å². The summed E-state index contributed by atoms with van der Waals surface area (Å²) in [5.74, 6) is 0.876. The number of unbranched alkanes of at least 4 members (excludes halogenated alkanes) is 9. The molecule has 30 heavy (non-hydrogen) atoms. The van der Waals surface area contributed by atoms with Crippen molar-refractivity contribution < 1.29 is 0 Å². The predicted octanol–water partition coefficient (Wildman–Crippen LogP) is 8.64. The van der Waals surface area contributed by atoms with Crippen molar-refractivity contribution in [1.82, 2.24) is 4.90 Å². The molecule has 0 radical (unpaired) electrons. The zero-order chi connectivity index (χ0) is 21.3. The number of nitrogens with zero attached hydrogens (tertiary/aromatic N) is 1. The van der Waals surface area contributed by atoms with E-state index in [2.05, 4.69) is 79.4 Å². The lowest BCUT2D eigenvalue weighted by atomic mass is 10.0. The number of hydrogen-bond acceptors (Lipinski definition) is 1. The Morgan fingerprint density at radius 3 is 1.37 bits per heavy atom. The second kappa shape index (κ2) is 16.1. The van der Waals surface area contributed by atoms with Crippen molar-refractivity contribution in [3.8, 4) is 0 Å². The van der Waals surface area contributed by atoms with E-state index in [9.17, 15) is 0 Å². The Labute approximate surface area is 186 Å². The molecule has 1 heteroatoms. The Balaban J connectivity index is 1.56. The van der Waals surface area contributed by atoms with E-state index in [1.165, 1.54) is 88.3 Å².